The second-order valence-electron chi connectivity index (χ2n) is 6.82. The minimum atomic E-state index is -0.511. The average molecular weight is 387 g/mol. The summed E-state index contributed by atoms with van der Waals surface area (Å²) in [5.41, 5.74) is 2.23. The molecule has 0 atom stereocenters. The van der Waals surface area contributed by atoms with Crippen LogP contribution in [0.4, 0.5) is 5.69 Å². The fraction of sp³-hybridized carbons (Fsp3) is 0.333. The van der Waals surface area contributed by atoms with Crippen molar-refractivity contribution < 1.29 is 14.3 Å². The summed E-state index contributed by atoms with van der Waals surface area (Å²) in [4.78, 5) is 24.0. The minimum Gasteiger partial charge on any atom is -0.465 e. The first-order valence-electron chi connectivity index (χ1n) is 8.98. The molecule has 0 aliphatic heterocycles. The molecule has 5 nitrogen and oxygen atoms in total. The normalized spacial score (nSPS) is 14.7. The molecule has 2 aromatic rings. The van der Waals surface area contributed by atoms with Crippen LogP contribution in [0.3, 0.4) is 0 Å². The zero-order valence-electron chi connectivity index (χ0n) is 15.3. The predicted molar refractivity (Wildman–Crippen MR) is 106 cm³/mol. The molecule has 1 saturated carbocycles. The number of hydrogen-bond acceptors (Lipinski definition) is 4. The van der Waals surface area contributed by atoms with E-state index in [1.165, 1.54) is 19.1 Å². The van der Waals surface area contributed by atoms with E-state index in [-0.39, 0.29) is 23.4 Å². The van der Waals surface area contributed by atoms with Crippen molar-refractivity contribution in [3.05, 3.63) is 64.7 Å². The topological polar surface area (TPSA) is 67.4 Å². The second-order valence-corrected chi connectivity index (χ2v) is 7.22. The highest BCUT2D eigenvalue weighted by Gasteiger charge is 2.38. The summed E-state index contributed by atoms with van der Waals surface area (Å²) in [5, 5.41) is 6.37. The van der Waals surface area contributed by atoms with Crippen LogP contribution in [-0.4, -0.2) is 32.1 Å². The summed E-state index contributed by atoms with van der Waals surface area (Å²) in [7, 11) is 1.30. The molecule has 3 rings (SSSR count). The molecule has 6 heteroatoms. The van der Waals surface area contributed by atoms with Crippen molar-refractivity contribution in [3.8, 4) is 0 Å². The lowest BCUT2D eigenvalue weighted by Crippen LogP contribution is -2.46. The Balaban J connectivity index is 1.55. The van der Waals surface area contributed by atoms with E-state index in [0.717, 1.165) is 12.8 Å². The zero-order valence-corrected chi connectivity index (χ0v) is 16.0. The molecule has 0 saturated heterocycles. The number of carbonyl (C=O) groups excluding carboxylic acids is 2. The van der Waals surface area contributed by atoms with Crippen molar-refractivity contribution in [1.29, 1.82) is 0 Å². The highest BCUT2D eigenvalue weighted by molar-refractivity contribution is 6.33. The van der Waals surface area contributed by atoms with Crippen LogP contribution in [0.5, 0.6) is 0 Å². The fourth-order valence-corrected chi connectivity index (χ4v) is 3.57. The molecule has 1 amide bonds. The molecule has 0 heterocycles. The largest absolute Gasteiger partial charge is 0.465 e. The van der Waals surface area contributed by atoms with E-state index >= 15 is 0 Å². The third kappa shape index (κ3) is 4.42. The summed E-state index contributed by atoms with van der Waals surface area (Å²) < 4.78 is 4.70. The maximum atomic E-state index is 12.3. The molecule has 0 radical (unpaired) electrons. The van der Waals surface area contributed by atoms with Crippen LogP contribution < -0.4 is 10.6 Å². The molecule has 0 unspecified atom stereocenters. The zero-order chi connectivity index (χ0) is 19.3. The number of amides is 1. The summed E-state index contributed by atoms with van der Waals surface area (Å²) in [5.74, 6) is -0.602. The number of anilines is 1. The number of halogens is 1. The number of hydrogen-bond donors (Lipinski definition) is 2. The first-order chi connectivity index (χ1) is 13.0. The molecule has 1 aliphatic rings. The van der Waals surface area contributed by atoms with Gasteiger partial charge in [-0.15, -0.1) is 0 Å². The number of benzene rings is 2. The number of methoxy groups -OCH3 is 1. The Kier molecular flexibility index (Phi) is 6.01. The maximum absolute atomic E-state index is 12.3. The predicted octanol–water partition coefficient (Wildman–Crippen LogP) is 3.78. The molecule has 1 fully saturated rings. The third-order valence-corrected chi connectivity index (χ3v) is 5.48. The van der Waals surface area contributed by atoms with Gasteiger partial charge < -0.3 is 15.4 Å². The molecule has 1 aliphatic carbocycles. The average Bonchev–Trinajstić information content (AvgIpc) is 2.66. The van der Waals surface area contributed by atoms with Crippen molar-refractivity contribution in [3.63, 3.8) is 0 Å². The van der Waals surface area contributed by atoms with E-state index in [0.29, 0.717) is 17.3 Å². The number of ether oxygens (including phenoxy) is 1. The second kappa shape index (κ2) is 8.44. The number of esters is 1. The summed E-state index contributed by atoms with van der Waals surface area (Å²) in [6.07, 6.45) is 3.36. The molecule has 0 aromatic heterocycles. The van der Waals surface area contributed by atoms with Gasteiger partial charge in [-0.1, -0.05) is 48.4 Å². The Hall–Kier alpha value is -2.53. The standard InChI is InChI=1S/C21H23ClN2O3/c1-27-20(26)17-12-16(8-9-18(17)22)23-13-19(25)24-14-21(10-5-11-21)15-6-3-2-4-7-15/h2-4,6-9,12,23H,5,10-11,13-14H2,1H3,(H,24,25). The van der Waals surface area contributed by atoms with Gasteiger partial charge in [0.05, 0.1) is 24.2 Å². The van der Waals surface area contributed by atoms with Crippen LogP contribution in [-0.2, 0) is 14.9 Å². The fourth-order valence-electron chi connectivity index (χ4n) is 3.38. The number of rotatable bonds is 7. The van der Waals surface area contributed by atoms with Crippen molar-refractivity contribution >= 4 is 29.2 Å². The van der Waals surface area contributed by atoms with Crippen LogP contribution in [0.15, 0.2) is 48.5 Å². The van der Waals surface area contributed by atoms with Gasteiger partial charge in [-0.3, -0.25) is 4.79 Å². The van der Waals surface area contributed by atoms with E-state index in [1.807, 2.05) is 18.2 Å². The quantitative estimate of drug-likeness (QED) is 0.711. The van der Waals surface area contributed by atoms with Crippen LogP contribution >= 0.6 is 11.6 Å². The van der Waals surface area contributed by atoms with Crippen molar-refractivity contribution in [2.45, 2.75) is 24.7 Å². The monoisotopic (exact) mass is 386 g/mol. The van der Waals surface area contributed by atoms with Crippen LogP contribution in [0.2, 0.25) is 5.02 Å². The van der Waals surface area contributed by atoms with Crippen LogP contribution in [0.25, 0.3) is 0 Å². The first-order valence-corrected chi connectivity index (χ1v) is 9.36. The van der Waals surface area contributed by atoms with E-state index in [9.17, 15) is 9.59 Å². The van der Waals surface area contributed by atoms with E-state index in [1.54, 1.807) is 18.2 Å². The number of carbonyl (C=O) groups is 2. The van der Waals surface area contributed by atoms with Gasteiger partial charge in [-0.25, -0.2) is 4.79 Å². The van der Waals surface area contributed by atoms with Crippen molar-refractivity contribution in [1.82, 2.24) is 5.32 Å². The molecule has 27 heavy (non-hydrogen) atoms. The van der Waals surface area contributed by atoms with Gasteiger partial charge >= 0.3 is 5.97 Å². The Bertz CT molecular complexity index is 819. The highest BCUT2D eigenvalue weighted by atomic mass is 35.5. The van der Waals surface area contributed by atoms with Gasteiger partial charge in [0.15, 0.2) is 0 Å². The molecule has 142 valence electrons. The van der Waals surface area contributed by atoms with Gasteiger partial charge in [0.1, 0.15) is 0 Å². The third-order valence-electron chi connectivity index (χ3n) is 5.15. The first kappa shape index (κ1) is 19.2. The molecular weight excluding hydrogens is 364 g/mol. The van der Waals surface area contributed by atoms with Gasteiger partial charge in [0, 0.05) is 17.6 Å². The Morgan fingerprint density at radius 2 is 1.89 bits per heavy atom. The van der Waals surface area contributed by atoms with E-state index < -0.39 is 5.97 Å². The van der Waals surface area contributed by atoms with Crippen LogP contribution in [0, 0.1) is 0 Å². The summed E-state index contributed by atoms with van der Waals surface area (Å²) in [6.45, 7) is 0.749. The molecule has 2 aromatic carbocycles. The van der Waals surface area contributed by atoms with Gasteiger partial charge in [-0.05, 0) is 36.6 Å². The lowest BCUT2D eigenvalue weighted by molar-refractivity contribution is -0.119. The number of nitrogens with one attached hydrogen (secondary N) is 2. The summed E-state index contributed by atoms with van der Waals surface area (Å²) >= 11 is 6.01. The molecule has 2 N–H and O–H groups in total. The molecule has 0 bridgehead atoms. The van der Waals surface area contributed by atoms with E-state index in [4.69, 9.17) is 16.3 Å². The minimum absolute atomic E-state index is 0.0508. The van der Waals surface area contributed by atoms with E-state index in [2.05, 4.69) is 22.8 Å². The van der Waals surface area contributed by atoms with Crippen LogP contribution in [0.1, 0.15) is 35.2 Å². The van der Waals surface area contributed by atoms with Crippen molar-refractivity contribution in [2.24, 2.45) is 0 Å². The summed E-state index contributed by atoms with van der Waals surface area (Å²) in [6, 6.07) is 15.3. The highest BCUT2D eigenvalue weighted by Crippen LogP contribution is 2.43. The lowest BCUT2D eigenvalue weighted by Gasteiger charge is -2.42. The van der Waals surface area contributed by atoms with Gasteiger partial charge in [0.25, 0.3) is 0 Å². The Labute approximate surface area is 164 Å². The SMILES string of the molecule is COC(=O)c1cc(NCC(=O)NCC2(c3ccccc3)CCC2)ccc1Cl. The molecule has 0 spiro atoms. The lowest BCUT2D eigenvalue weighted by atomic mass is 9.64. The van der Waals surface area contributed by atoms with Gasteiger partial charge in [0.2, 0.25) is 5.91 Å². The Morgan fingerprint density at radius 3 is 2.52 bits per heavy atom. The van der Waals surface area contributed by atoms with Crippen molar-refractivity contribution in [2.75, 3.05) is 25.5 Å². The maximum Gasteiger partial charge on any atom is 0.339 e. The Morgan fingerprint density at radius 1 is 1.15 bits per heavy atom. The smallest absolute Gasteiger partial charge is 0.339 e. The molecular formula is C21H23ClN2O3. The van der Waals surface area contributed by atoms with Gasteiger partial charge in [-0.2, -0.15) is 0 Å².